The van der Waals surface area contributed by atoms with Gasteiger partial charge < -0.3 is 15.8 Å². The molecule has 188 valence electrons. The maximum atomic E-state index is 13.6. The van der Waals surface area contributed by atoms with E-state index in [1.54, 1.807) is 12.4 Å². The SMILES string of the molecule is CC[C@@H](C(=N)C(=O)[C@@H](CC(NC)C(=O)O)C1CCCCC1)c1nc(C(=O)c2ccc(F)cc2)cs1. The molecule has 0 bridgehead atoms. The van der Waals surface area contributed by atoms with Crippen LogP contribution >= 0.6 is 11.3 Å². The molecule has 0 amide bonds. The lowest BCUT2D eigenvalue weighted by molar-refractivity contribution is -0.140. The fourth-order valence-electron chi connectivity index (χ4n) is 4.82. The van der Waals surface area contributed by atoms with Gasteiger partial charge in [-0.1, -0.05) is 26.2 Å². The molecule has 3 rings (SSSR count). The van der Waals surface area contributed by atoms with Crippen molar-refractivity contribution in [1.29, 1.82) is 5.41 Å². The molecule has 9 heteroatoms. The number of aromatic nitrogens is 1. The van der Waals surface area contributed by atoms with Gasteiger partial charge in [-0.05, 0) is 62.9 Å². The molecule has 1 fully saturated rings. The third kappa shape index (κ3) is 6.46. The summed E-state index contributed by atoms with van der Waals surface area (Å²) in [4.78, 5) is 42.5. The van der Waals surface area contributed by atoms with Gasteiger partial charge in [0.25, 0.3) is 0 Å². The van der Waals surface area contributed by atoms with Crippen molar-refractivity contribution in [3.63, 3.8) is 0 Å². The molecule has 2 aromatic rings. The van der Waals surface area contributed by atoms with Gasteiger partial charge in [0.15, 0.2) is 5.78 Å². The highest BCUT2D eigenvalue weighted by Crippen LogP contribution is 2.35. The number of hydrogen-bond acceptors (Lipinski definition) is 7. The zero-order valence-corrected chi connectivity index (χ0v) is 20.9. The van der Waals surface area contributed by atoms with Gasteiger partial charge in [0.1, 0.15) is 22.6 Å². The number of hydrogen-bond donors (Lipinski definition) is 3. The zero-order chi connectivity index (χ0) is 25.5. The van der Waals surface area contributed by atoms with Crippen LogP contribution in [0, 0.1) is 23.1 Å². The second-order valence-electron chi connectivity index (χ2n) is 9.07. The number of ketones is 2. The molecule has 0 radical (unpaired) electrons. The molecule has 0 aliphatic heterocycles. The summed E-state index contributed by atoms with van der Waals surface area (Å²) in [5.41, 5.74) is 0.422. The van der Waals surface area contributed by atoms with Gasteiger partial charge in [0.2, 0.25) is 5.78 Å². The molecule has 7 nitrogen and oxygen atoms in total. The predicted molar refractivity (Wildman–Crippen MR) is 133 cm³/mol. The maximum Gasteiger partial charge on any atom is 0.320 e. The quantitative estimate of drug-likeness (QED) is 0.282. The van der Waals surface area contributed by atoms with E-state index in [1.807, 2.05) is 6.92 Å². The molecule has 1 aromatic carbocycles. The summed E-state index contributed by atoms with van der Waals surface area (Å²) in [5.74, 6) is -3.20. The lowest BCUT2D eigenvalue weighted by atomic mass is 9.73. The number of likely N-dealkylation sites (N-methyl/N-ethyl adjacent to an activating group) is 1. The Balaban J connectivity index is 1.82. The van der Waals surface area contributed by atoms with E-state index in [9.17, 15) is 23.9 Å². The highest BCUT2D eigenvalue weighted by Gasteiger charge is 2.37. The molecule has 1 unspecified atom stereocenters. The molecule has 1 heterocycles. The first-order chi connectivity index (χ1) is 16.8. The molecule has 3 atom stereocenters. The number of aliphatic carboxylic acids is 1. The van der Waals surface area contributed by atoms with Crippen molar-refractivity contribution in [1.82, 2.24) is 10.3 Å². The molecule has 1 aliphatic carbocycles. The minimum absolute atomic E-state index is 0.0521. The Labute approximate surface area is 208 Å². The number of carboxylic acids is 1. The van der Waals surface area contributed by atoms with Crippen LogP contribution in [0.2, 0.25) is 0 Å². The number of nitrogens with zero attached hydrogens (tertiary/aromatic N) is 1. The highest BCUT2D eigenvalue weighted by atomic mass is 32.1. The van der Waals surface area contributed by atoms with E-state index in [2.05, 4.69) is 10.3 Å². The monoisotopic (exact) mass is 501 g/mol. The summed E-state index contributed by atoms with van der Waals surface area (Å²) >= 11 is 1.22. The molecule has 0 saturated heterocycles. The average Bonchev–Trinajstić information content (AvgIpc) is 3.35. The Kier molecular flexibility index (Phi) is 9.40. The minimum Gasteiger partial charge on any atom is -0.480 e. The third-order valence-corrected chi connectivity index (χ3v) is 7.83. The van der Waals surface area contributed by atoms with Crippen LogP contribution in [0.3, 0.4) is 0 Å². The number of nitrogens with one attached hydrogen (secondary N) is 2. The van der Waals surface area contributed by atoms with Crippen LogP contribution in [0.4, 0.5) is 4.39 Å². The normalized spacial score (nSPS) is 16.9. The van der Waals surface area contributed by atoms with E-state index >= 15 is 0 Å². The zero-order valence-electron chi connectivity index (χ0n) is 20.1. The average molecular weight is 502 g/mol. The molecular weight excluding hydrogens is 469 g/mol. The molecular formula is C26H32FN3O4S. The number of benzene rings is 1. The summed E-state index contributed by atoms with van der Waals surface area (Å²) in [5, 5.41) is 23.2. The topological polar surface area (TPSA) is 120 Å². The van der Waals surface area contributed by atoms with Crippen molar-refractivity contribution in [2.75, 3.05) is 7.05 Å². The van der Waals surface area contributed by atoms with Gasteiger partial charge in [0, 0.05) is 16.9 Å². The van der Waals surface area contributed by atoms with Crippen LogP contribution < -0.4 is 5.32 Å². The number of carbonyl (C=O) groups is 3. The summed E-state index contributed by atoms with van der Waals surface area (Å²) in [6, 6.07) is 4.36. The molecule has 1 aliphatic rings. The summed E-state index contributed by atoms with van der Waals surface area (Å²) in [6.45, 7) is 1.86. The smallest absolute Gasteiger partial charge is 0.320 e. The van der Waals surface area contributed by atoms with E-state index in [1.165, 1.54) is 35.6 Å². The lowest BCUT2D eigenvalue weighted by Gasteiger charge is -2.31. The maximum absolute atomic E-state index is 13.6. The number of carbonyl (C=O) groups excluding carboxylic acids is 2. The molecule has 3 N–H and O–H groups in total. The van der Waals surface area contributed by atoms with Crippen molar-refractivity contribution in [3.05, 3.63) is 51.7 Å². The number of rotatable bonds is 12. The molecule has 35 heavy (non-hydrogen) atoms. The second-order valence-corrected chi connectivity index (χ2v) is 9.96. The fraction of sp³-hybridized carbons (Fsp3) is 0.500. The Morgan fingerprint density at radius 2 is 1.86 bits per heavy atom. The first-order valence-electron chi connectivity index (χ1n) is 12.0. The number of carboxylic acid groups (broad SMARTS) is 1. The van der Waals surface area contributed by atoms with Crippen LogP contribution in [-0.4, -0.2) is 46.4 Å². The Bertz CT molecular complexity index is 1060. The Morgan fingerprint density at radius 1 is 1.20 bits per heavy atom. The van der Waals surface area contributed by atoms with Gasteiger partial charge in [-0.25, -0.2) is 9.37 Å². The fourth-order valence-corrected chi connectivity index (χ4v) is 5.81. The lowest BCUT2D eigenvalue weighted by Crippen LogP contribution is -2.42. The van der Waals surface area contributed by atoms with Gasteiger partial charge in [-0.15, -0.1) is 11.3 Å². The van der Waals surface area contributed by atoms with Crippen molar-refractivity contribution >= 4 is 34.6 Å². The van der Waals surface area contributed by atoms with Crippen LogP contribution in [0.5, 0.6) is 0 Å². The molecule has 1 saturated carbocycles. The van der Waals surface area contributed by atoms with Gasteiger partial charge in [0.05, 0.1) is 11.6 Å². The Morgan fingerprint density at radius 3 is 2.43 bits per heavy atom. The second kappa shape index (κ2) is 12.3. The van der Waals surface area contributed by atoms with E-state index in [-0.39, 0.29) is 35.3 Å². The van der Waals surface area contributed by atoms with Crippen LogP contribution in [0.1, 0.15) is 78.8 Å². The van der Waals surface area contributed by atoms with Gasteiger partial charge in [-0.2, -0.15) is 0 Å². The summed E-state index contributed by atoms with van der Waals surface area (Å²) in [7, 11) is 1.57. The van der Waals surface area contributed by atoms with E-state index in [0.717, 1.165) is 32.1 Å². The Hall–Kier alpha value is -2.78. The molecule has 1 aromatic heterocycles. The first-order valence-corrected chi connectivity index (χ1v) is 12.9. The summed E-state index contributed by atoms with van der Waals surface area (Å²) < 4.78 is 13.2. The van der Waals surface area contributed by atoms with Crippen molar-refractivity contribution in [2.24, 2.45) is 11.8 Å². The van der Waals surface area contributed by atoms with E-state index in [4.69, 9.17) is 5.41 Å². The number of halogens is 1. The minimum atomic E-state index is -1.01. The van der Waals surface area contributed by atoms with Crippen LogP contribution in [0.15, 0.2) is 29.6 Å². The van der Waals surface area contributed by atoms with Crippen LogP contribution in [-0.2, 0) is 9.59 Å². The van der Waals surface area contributed by atoms with Gasteiger partial charge >= 0.3 is 5.97 Å². The number of Topliss-reactive ketones (excluding diaryl/α,β-unsaturated/α-hetero) is 1. The number of thiazole rings is 1. The highest BCUT2D eigenvalue weighted by molar-refractivity contribution is 7.10. The van der Waals surface area contributed by atoms with Gasteiger partial charge in [-0.3, -0.25) is 14.4 Å². The third-order valence-electron chi connectivity index (χ3n) is 6.87. The first kappa shape index (κ1) is 26.8. The van der Waals surface area contributed by atoms with Crippen molar-refractivity contribution in [3.8, 4) is 0 Å². The van der Waals surface area contributed by atoms with Crippen LogP contribution in [0.25, 0.3) is 0 Å². The predicted octanol–water partition coefficient (Wildman–Crippen LogP) is 4.85. The largest absolute Gasteiger partial charge is 0.480 e. The van der Waals surface area contributed by atoms with E-state index < -0.39 is 29.7 Å². The molecule has 0 spiro atoms. The summed E-state index contributed by atoms with van der Waals surface area (Å²) in [6.07, 6.45) is 5.39. The standard InChI is InChI=1S/C26H32FN3O4S/c1-3-18(25-30-21(14-35-25)23(31)16-9-11-17(27)12-10-16)22(28)24(32)19(13-20(29-2)26(33)34)15-7-5-4-6-8-15/h9-12,14-15,18-20,28-29H,3-8,13H2,1-2H3,(H,33,34)/t18-,19-,20?/m0/s1. The van der Waals surface area contributed by atoms with E-state index in [0.29, 0.717) is 17.0 Å². The van der Waals surface area contributed by atoms with Crippen molar-refractivity contribution in [2.45, 2.75) is 63.8 Å². The van der Waals surface area contributed by atoms with Crippen molar-refractivity contribution < 1.29 is 23.9 Å².